The summed E-state index contributed by atoms with van der Waals surface area (Å²) in [7, 11) is 1.54. The normalized spacial score (nSPS) is 10.6. The third-order valence-electron chi connectivity index (χ3n) is 4.81. The van der Waals surface area contributed by atoms with Crippen molar-refractivity contribution in [1.82, 2.24) is 5.43 Å². The van der Waals surface area contributed by atoms with Crippen LogP contribution in [0.4, 0.5) is 5.69 Å². The van der Waals surface area contributed by atoms with E-state index in [0.29, 0.717) is 35.0 Å². The fourth-order valence-corrected chi connectivity index (χ4v) is 3.88. The number of carbonyl (C=O) groups excluding carboxylic acids is 2. The summed E-state index contributed by atoms with van der Waals surface area (Å²) in [6.07, 6.45) is 1.51. The van der Waals surface area contributed by atoms with Crippen molar-refractivity contribution in [2.75, 3.05) is 25.6 Å². The van der Waals surface area contributed by atoms with Crippen molar-refractivity contribution < 1.29 is 23.8 Å². The molecule has 0 aliphatic carbocycles. The average Bonchev–Trinajstić information content (AvgIpc) is 2.85. The molecule has 2 amide bonds. The van der Waals surface area contributed by atoms with Gasteiger partial charge in [0, 0.05) is 11.3 Å². The topological polar surface area (TPSA) is 98.2 Å². The highest BCUT2D eigenvalue weighted by molar-refractivity contribution is 14.1. The molecule has 0 bridgehead atoms. The molecule has 8 nitrogen and oxygen atoms in total. The average molecular weight is 587 g/mol. The van der Waals surface area contributed by atoms with E-state index in [2.05, 4.69) is 38.4 Å². The monoisotopic (exact) mass is 587 g/mol. The Bertz CT molecular complexity index is 1230. The van der Waals surface area contributed by atoms with Crippen LogP contribution >= 0.6 is 22.6 Å². The van der Waals surface area contributed by atoms with Gasteiger partial charge in [-0.1, -0.05) is 24.3 Å². The van der Waals surface area contributed by atoms with Crippen LogP contribution in [-0.4, -0.2) is 38.4 Å². The van der Waals surface area contributed by atoms with Gasteiger partial charge in [-0.2, -0.15) is 5.10 Å². The SMILES string of the molecule is CCOc1cc(/C=N/NC(=O)c2cccc(OC)c2)cc(I)c1OCC(=O)Nc1ccccc1C. The summed E-state index contributed by atoms with van der Waals surface area (Å²) >= 11 is 2.11. The van der Waals surface area contributed by atoms with E-state index in [9.17, 15) is 9.59 Å². The van der Waals surface area contributed by atoms with Crippen molar-refractivity contribution in [3.8, 4) is 17.2 Å². The van der Waals surface area contributed by atoms with Crippen molar-refractivity contribution in [2.45, 2.75) is 13.8 Å². The van der Waals surface area contributed by atoms with E-state index in [0.717, 1.165) is 14.8 Å². The fraction of sp³-hybridized carbons (Fsp3) is 0.192. The van der Waals surface area contributed by atoms with Crippen molar-refractivity contribution >= 4 is 46.3 Å². The van der Waals surface area contributed by atoms with Gasteiger partial charge in [0.15, 0.2) is 18.1 Å². The molecule has 3 aromatic rings. The number of hydrogen-bond donors (Lipinski definition) is 2. The van der Waals surface area contributed by atoms with Crippen LogP contribution in [-0.2, 0) is 4.79 Å². The van der Waals surface area contributed by atoms with Crippen LogP contribution in [0.3, 0.4) is 0 Å². The molecule has 0 radical (unpaired) electrons. The largest absolute Gasteiger partial charge is 0.497 e. The Hall–Kier alpha value is -3.60. The number of hydrogen-bond acceptors (Lipinski definition) is 6. The number of methoxy groups -OCH3 is 1. The second-order valence-electron chi connectivity index (χ2n) is 7.35. The van der Waals surface area contributed by atoms with Gasteiger partial charge in [0.1, 0.15) is 5.75 Å². The molecule has 0 aliphatic heterocycles. The lowest BCUT2D eigenvalue weighted by Gasteiger charge is -2.15. The lowest BCUT2D eigenvalue weighted by Crippen LogP contribution is -2.21. The number of carbonyl (C=O) groups is 2. The van der Waals surface area contributed by atoms with E-state index in [1.165, 1.54) is 13.3 Å². The molecule has 0 fully saturated rings. The molecular weight excluding hydrogens is 561 g/mol. The zero-order valence-corrected chi connectivity index (χ0v) is 21.8. The quantitative estimate of drug-likeness (QED) is 0.202. The lowest BCUT2D eigenvalue weighted by atomic mass is 10.2. The van der Waals surface area contributed by atoms with Crippen LogP contribution in [0, 0.1) is 10.5 Å². The number of nitrogens with one attached hydrogen (secondary N) is 2. The maximum Gasteiger partial charge on any atom is 0.271 e. The Morgan fingerprint density at radius 2 is 1.86 bits per heavy atom. The minimum atomic E-state index is -0.362. The van der Waals surface area contributed by atoms with E-state index in [1.54, 1.807) is 30.3 Å². The van der Waals surface area contributed by atoms with E-state index in [-0.39, 0.29) is 18.4 Å². The highest BCUT2D eigenvalue weighted by Gasteiger charge is 2.14. The maximum atomic E-state index is 12.4. The number of para-hydroxylation sites is 1. The molecule has 35 heavy (non-hydrogen) atoms. The zero-order valence-electron chi connectivity index (χ0n) is 19.6. The molecule has 0 atom stereocenters. The molecule has 182 valence electrons. The van der Waals surface area contributed by atoms with Crippen molar-refractivity contribution in [1.29, 1.82) is 0 Å². The summed E-state index contributed by atoms with van der Waals surface area (Å²) in [6, 6.07) is 17.9. The summed E-state index contributed by atoms with van der Waals surface area (Å²) in [4.78, 5) is 24.7. The number of aryl methyl sites for hydroxylation is 1. The summed E-state index contributed by atoms with van der Waals surface area (Å²) in [5.74, 6) is 0.886. The Morgan fingerprint density at radius 1 is 1.06 bits per heavy atom. The third kappa shape index (κ3) is 7.44. The molecule has 0 aromatic heterocycles. The molecule has 0 heterocycles. The first kappa shape index (κ1) is 26.0. The lowest BCUT2D eigenvalue weighted by molar-refractivity contribution is -0.118. The number of benzene rings is 3. The molecule has 0 saturated carbocycles. The minimum absolute atomic E-state index is 0.172. The van der Waals surface area contributed by atoms with Crippen LogP contribution in [0.5, 0.6) is 17.2 Å². The highest BCUT2D eigenvalue weighted by Crippen LogP contribution is 2.34. The molecular formula is C26H26IN3O5. The van der Waals surface area contributed by atoms with Crippen LogP contribution in [0.2, 0.25) is 0 Å². The van der Waals surface area contributed by atoms with E-state index >= 15 is 0 Å². The summed E-state index contributed by atoms with van der Waals surface area (Å²) in [5.41, 5.74) is 5.33. The second-order valence-corrected chi connectivity index (χ2v) is 8.51. The molecule has 2 N–H and O–H groups in total. The Balaban J connectivity index is 1.67. The minimum Gasteiger partial charge on any atom is -0.497 e. The van der Waals surface area contributed by atoms with Gasteiger partial charge in [-0.15, -0.1) is 0 Å². The van der Waals surface area contributed by atoms with Gasteiger partial charge in [-0.3, -0.25) is 9.59 Å². The number of ether oxygens (including phenoxy) is 3. The van der Waals surface area contributed by atoms with Gasteiger partial charge in [-0.25, -0.2) is 5.43 Å². The number of amides is 2. The van der Waals surface area contributed by atoms with Crippen molar-refractivity contribution in [3.05, 3.63) is 80.9 Å². The van der Waals surface area contributed by atoms with Gasteiger partial charge < -0.3 is 19.5 Å². The van der Waals surface area contributed by atoms with Crippen LogP contribution in [0.15, 0.2) is 65.8 Å². The molecule has 3 rings (SSSR count). The zero-order chi connectivity index (χ0) is 25.2. The number of hydrazone groups is 1. The van der Waals surface area contributed by atoms with Crippen LogP contribution in [0.25, 0.3) is 0 Å². The first-order valence-corrected chi connectivity index (χ1v) is 11.9. The number of nitrogens with zero attached hydrogens (tertiary/aromatic N) is 1. The van der Waals surface area contributed by atoms with Crippen molar-refractivity contribution in [2.24, 2.45) is 5.10 Å². The molecule has 0 aliphatic rings. The number of rotatable bonds is 10. The Labute approximate surface area is 217 Å². The molecule has 0 unspecified atom stereocenters. The smallest absolute Gasteiger partial charge is 0.271 e. The molecule has 3 aromatic carbocycles. The predicted molar refractivity (Wildman–Crippen MR) is 144 cm³/mol. The summed E-state index contributed by atoms with van der Waals surface area (Å²) in [5, 5.41) is 6.89. The third-order valence-corrected chi connectivity index (χ3v) is 5.61. The van der Waals surface area contributed by atoms with Gasteiger partial charge in [0.2, 0.25) is 0 Å². The van der Waals surface area contributed by atoms with Crippen molar-refractivity contribution in [3.63, 3.8) is 0 Å². The van der Waals surface area contributed by atoms with E-state index < -0.39 is 0 Å². The van der Waals surface area contributed by atoms with Crippen LogP contribution in [0.1, 0.15) is 28.4 Å². The first-order chi connectivity index (χ1) is 16.9. The Morgan fingerprint density at radius 3 is 2.60 bits per heavy atom. The van der Waals surface area contributed by atoms with E-state index in [4.69, 9.17) is 14.2 Å². The summed E-state index contributed by atoms with van der Waals surface area (Å²) < 4.78 is 17.4. The Kier molecular flexibility index (Phi) is 9.47. The van der Waals surface area contributed by atoms with Gasteiger partial charge in [0.25, 0.3) is 11.8 Å². The maximum absolute atomic E-state index is 12.4. The summed E-state index contributed by atoms with van der Waals surface area (Å²) in [6.45, 7) is 4.02. The molecule has 9 heteroatoms. The van der Waals surface area contributed by atoms with E-state index in [1.807, 2.05) is 44.2 Å². The fourth-order valence-electron chi connectivity index (χ4n) is 3.10. The van der Waals surface area contributed by atoms with Crippen LogP contribution < -0.4 is 25.0 Å². The molecule has 0 spiro atoms. The first-order valence-electron chi connectivity index (χ1n) is 10.8. The predicted octanol–water partition coefficient (Wildman–Crippen LogP) is 4.79. The molecule has 0 saturated heterocycles. The standard InChI is InChI=1S/C26H26IN3O5/c1-4-34-23-13-18(15-28-30-26(32)19-9-7-10-20(14-19)33-3)12-21(27)25(23)35-16-24(31)29-22-11-6-5-8-17(22)2/h5-15H,4,16H2,1-3H3,(H,29,31)(H,30,32)/b28-15+. The second kappa shape index (κ2) is 12.7. The van der Waals surface area contributed by atoms with Gasteiger partial charge in [-0.05, 0) is 84.0 Å². The van der Waals surface area contributed by atoms with Gasteiger partial charge >= 0.3 is 0 Å². The highest BCUT2D eigenvalue weighted by atomic mass is 127. The van der Waals surface area contributed by atoms with Gasteiger partial charge in [0.05, 0.1) is 23.5 Å². The number of halogens is 1. The number of anilines is 1.